The summed E-state index contributed by atoms with van der Waals surface area (Å²) >= 11 is 21.7. The molecule has 8 aliphatic heterocycles. The molecular formula is C83H92Cl3CsN16O19S4. The van der Waals surface area contributed by atoms with Gasteiger partial charge in [-0.2, -0.15) is 0 Å². The first-order valence-electron chi connectivity index (χ1n) is 39.1. The van der Waals surface area contributed by atoms with Crippen LogP contribution in [-0.2, 0) is 57.3 Å². The number of amidine groups is 1. The van der Waals surface area contributed by atoms with E-state index in [2.05, 4.69) is 144 Å². The van der Waals surface area contributed by atoms with Crippen LogP contribution in [-0.4, -0.2) is 268 Å². The molecular weight excluding hydrogens is 1890 g/mol. The molecule has 8 aliphatic rings. The number of para-hydroxylation sites is 8. The normalized spacial score (nSPS) is 15.6. The number of piperazine rings is 4. The minimum atomic E-state index is -1.31. The first-order valence-corrected chi connectivity index (χ1v) is 43.8. The predicted molar refractivity (Wildman–Crippen MR) is 474 cm³/mol. The molecule has 12 heterocycles. The van der Waals surface area contributed by atoms with Crippen molar-refractivity contribution in [1.82, 2.24) is 39.2 Å². The number of rotatable bonds is 14. The zero-order valence-electron chi connectivity index (χ0n) is 70.5. The van der Waals surface area contributed by atoms with Gasteiger partial charge in [0, 0.05) is 136 Å². The number of halogens is 3. The van der Waals surface area contributed by atoms with E-state index in [4.69, 9.17) is 87.1 Å². The number of thiophene rings is 4. The molecule has 4 fully saturated rings. The summed E-state index contributed by atoms with van der Waals surface area (Å²) in [6.45, 7) is 20.2. The van der Waals surface area contributed by atoms with Crippen LogP contribution < -0.4 is 124 Å². The molecule has 0 spiro atoms. The Balaban J connectivity index is 0.000000202. The van der Waals surface area contributed by atoms with Crippen LogP contribution in [0, 0.1) is 27.7 Å². The zero-order chi connectivity index (χ0) is 89.5. The number of anilines is 5. The summed E-state index contributed by atoms with van der Waals surface area (Å²) in [7, 11) is 8.40. The molecule has 0 saturated carbocycles. The zero-order valence-corrected chi connectivity index (χ0v) is 82.3. The van der Waals surface area contributed by atoms with Crippen molar-refractivity contribution in [2.24, 2.45) is 20.0 Å². The van der Waals surface area contributed by atoms with E-state index in [0.29, 0.717) is 66.3 Å². The van der Waals surface area contributed by atoms with E-state index in [0.717, 1.165) is 152 Å². The second-order valence-corrected chi connectivity index (χ2v) is 34.5. The maximum Gasteiger partial charge on any atom is 1.00 e. The standard InChI is InChI=1S/C41H44N8O8S2.C19H21ClN4O2S.C17H20N4S.C3H4O4.C2H2Cl2O2.CH2O3.Cs/c1-26-21-28-36(58-26)42-30-9-5-7-11-32(30)48(38(28)46-17-13-44(3)14-18-46)40(52)56-24-54-34(50)23-35(51)55-25-57-41(53)49-33-12-8-6-10-31(33)43-37-29(22-27(2)59-37)39(49)47-19-15-45(4)16-20-47;1-13-11-14-17(27-13)21-15-5-3-4-6-16(15)24(19(25)26-12-20)18(14)23-9-7-22(2)8-10-23;1-12-11-13-16(21-9-7-20(2)8-10-21)18-14-5-3-4-6-15(14)19-17(13)22-12;4-2(5)1-3(6)7;3-1-6-2(4)5;2-1-4-3;/h5-12,21-22H,13-20,23-25H2,1-4H3;3-6,11H,7-10,12H2,1-2H3;3-6,11,19H,7-10H2,1-2H3;1H2,(H,4,5)(H,6,7);1H2;1,3H;/q;;;;;;+1/p-1. The number of carbonyl (C=O) groups excluding carboxylic acids is 7. The number of hydrogen-bond donors (Lipinski definition) is 3. The number of aryl methyl sites for hydroxylation is 4. The summed E-state index contributed by atoms with van der Waals surface area (Å²) < 4.78 is 33.0. The smallest absolute Gasteiger partial charge is 0.662 e. The molecule has 4 aromatic carbocycles. The van der Waals surface area contributed by atoms with Gasteiger partial charge in [0.2, 0.25) is 13.6 Å². The van der Waals surface area contributed by atoms with Gasteiger partial charge in [0.05, 0.1) is 66.7 Å². The summed E-state index contributed by atoms with van der Waals surface area (Å²) in [6, 6.07) is 38.5. The first-order chi connectivity index (χ1) is 60.1. The number of amides is 3. The number of aliphatic imine (C=N–C) groups is 1. The number of nitrogens with zero attached hydrogens (tertiary/aromatic N) is 15. The molecule has 3 amide bonds. The Bertz CT molecular complexity index is 5510. The molecule has 3 N–H and O–H groups in total. The molecule has 664 valence electrons. The maximum atomic E-state index is 14.0. The topological polar surface area (TPSA) is 379 Å². The summed E-state index contributed by atoms with van der Waals surface area (Å²) in [5.41, 5.74) is 6.17. The number of benzene rings is 4. The average molecular weight is 1990 g/mol. The third-order valence-corrected chi connectivity index (χ3v) is 24.0. The van der Waals surface area contributed by atoms with E-state index in [1.54, 1.807) is 39.7 Å². The SMILES string of the molecule is Cc1cc2c(s1)=Nc1ccccc1N(C(=O)OCCl)C=2N1CCN(C)CC1.Cc1cc2c(s1)=Nc1ccccc1N(C(=O)OCOC(=O)CC(=O)OCOC(=O)N1C(N3CCN(C)CC3)=c3cc(C)sc3=Nc3ccccc31)C=2N1CCN(C)CC1.Cc1cc2c(s1)Nc1ccccc1N=C2N1CCN(C)CC1.O=C(Cl)OCCl.O=C(O)CC(=O)O.O=CO[O-].[Cs+]. The number of carbonyl (C=O) groups is 9. The van der Waals surface area contributed by atoms with Crippen molar-refractivity contribution in [2.45, 2.75) is 40.5 Å². The number of esters is 2. The van der Waals surface area contributed by atoms with Crippen molar-refractivity contribution in [1.29, 1.82) is 0 Å². The Labute approximate surface area is 814 Å². The van der Waals surface area contributed by atoms with Crippen LogP contribution in [0.25, 0.3) is 17.5 Å². The van der Waals surface area contributed by atoms with Gasteiger partial charge < -0.3 is 93.3 Å². The van der Waals surface area contributed by atoms with Crippen LogP contribution in [0.5, 0.6) is 0 Å². The van der Waals surface area contributed by atoms with Gasteiger partial charge in [-0.05, 0) is 129 Å². The molecule has 35 nitrogen and oxygen atoms in total. The van der Waals surface area contributed by atoms with Crippen molar-refractivity contribution < 1.29 is 161 Å². The van der Waals surface area contributed by atoms with Crippen LogP contribution >= 0.6 is 80.1 Å². The Kier molecular flexibility index (Phi) is 37.4. The largest absolute Gasteiger partial charge is 1.00 e. The number of hydrogen-bond acceptors (Lipinski definition) is 34. The van der Waals surface area contributed by atoms with Gasteiger partial charge >= 0.3 is 116 Å². The molecule has 43 heteroatoms. The number of fused-ring (bicyclic) bond motifs is 8. The number of carboxylic acids is 2. The summed E-state index contributed by atoms with van der Waals surface area (Å²) in [6.07, 6.45) is -3.65. The van der Waals surface area contributed by atoms with Crippen LogP contribution in [0.3, 0.4) is 0 Å². The second-order valence-electron chi connectivity index (χ2n) is 28.8. The molecule has 0 aliphatic carbocycles. The van der Waals surface area contributed by atoms with Crippen molar-refractivity contribution in [3.05, 3.63) is 176 Å². The predicted octanol–water partition coefficient (Wildman–Crippen LogP) is 5.42. The summed E-state index contributed by atoms with van der Waals surface area (Å²) in [5.74, 6) is -1.39. The molecule has 4 aromatic heterocycles. The molecule has 126 heavy (non-hydrogen) atoms. The van der Waals surface area contributed by atoms with Crippen molar-refractivity contribution in [2.75, 3.05) is 179 Å². The Hall–Kier alpha value is -9.29. The Morgan fingerprint density at radius 1 is 0.437 bits per heavy atom. The molecule has 8 aromatic rings. The number of carboxylic acid groups (broad SMARTS) is 2. The van der Waals surface area contributed by atoms with Gasteiger partial charge in [-0.3, -0.25) is 24.0 Å². The van der Waals surface area contributed by atoms with Gasteiger partial charge in [0.25, 0.3) is 6.47 Å². The van der Waals surface area contributed by atoms with Crippen LogP contribution in [0.2, 0.25) is 0 Å². The van der Waals surface area contributed by atoms with Crippen LogP contribution in [0.4, 0.5) is 69.7 Å². The van der Waals surface area contributed by atoms with E-state index in [9.17, 15) is 38.4 Å². The maximum absolute atomic E-state index is 14.0. The first kappa shape index (κ1) is 98.9. The van der Waals surface area contributed by atoms with E-state index in [1.165, 1.54) is 47.9 Å². The van der Waals surface area contributed by atoms with Crippen molar-refractivity contribution in [3.8, 4) is 0 Å². The van der Waals surface area contributed by atoms with Crippen molar-refractivity contribution >= 4 is 208 Å². The van der Waals surface area contributed by atoms with E-state index < -0.39 is 74.0 Å². The fourth-order valence-corrected chi connectivity index (χ4v) is 17.9. The number of likely N-dealkylation sites (N-methyl/N-ethyl adjacent to an activating group) is 4. The molecule has 0 bridgehead atoms. The average Bonchev–Trinajstić information content (AvgIpc) is 1.61. The molecule has 4 saturated heterocycles. The third-order valence-electron chi connectivity index (χ3n) is 19.9. The van der Waals surface area contributed by atoms with Crippen molar-refractivity contribution in [3.63, 3.8) is 0 Å². The molecule has 0 atom stereocenters. The molecule has 0 radical (unpaired) electrons. The van der Waals surface area contributed by atoms with Crippen LogP contribution in [0.1, 0.15) is 37.9 Å². The fourth-order valence-electron chi connectivity index (χ4n) is 14.0. The number of ether oxygens (including phenoxy) is 6. The quantitative estimate of drug-likeness (QED) is 0.0141. The number of aliphatic carboxylic acids is 2. The van der Waals surface area contributed by atoms with Crippen LogP contribution in [0.15, 0.2) is 141 Å². The Morgan fingerprint density at radius 2 is 0.762 bits per heavy atom. The van der Waals surface area contributed by atoms with Gasteiger partial charge in [-0.1, -0.05) is 71.7 Å². The molecule has 0 unspecified atom stereocenters. The Morgan fingerprint density at radius 3 is 1.09 bits per heavy atom. The third kappa shape index (κ3) is 26.2. The minimum Gasteiger partial charge on any atom is -0.662 e. The van der Waals surface area contributed by atoms with Gasteiger partial charge in [0.15, 0.2) is 12.1 Å². The summed E-state index contributed by atoms with van der Waals surface area (Å²) in [4.78, 5) is 153. The van der Waals surface area contributed by atoms with Gasteiger partial charge in [-0.15, -0.1) is 45.3 Å². The second kappa shape index (κ2) is 47.7. The fraction of sp³-hybridized carbons (Fsp3) is 0.361. The van der Waals surface area contributed by atoms with Gasteiger partial charge in [-0.25, -0.2) is 53.8 Å². The van der Waals surface area contributed by atoms with E-state index in [-0.39, 0.29) is 87.5 Å². The summed E-state index contributed by atoms with van der Waals surface area (Å²) in [5, 5.41) is 31.2. The van der Waals surface area contributed by atoms with E-state index in [1.807, 2.05) is 86.6 Å². The minimum absolute atomic E-state index is 0. The molecule has 16 rings (SSSR count). The number of alkyl halides is 2. The van der Waals surface area contributed by atoms with E-state index >= 15 is 0 Å². The monoisotopic (exact) mass is 1980 g/mol. The number of nitrogens with one attached hydrogen (secondary N) is 1. The van der Waals surface area contributed by atoms with Gasteiger partial charge in [0.1, 0.15) is 55.2 Å².